The number of ether oxygens (including phenoxy) is 1. The van der Waals surface area contributed by atoms with Crippen molar-refractivity contribution >= 4 is 17.3 Å². The average molecular weight is 422 g/mol. The van der Waals surface area contributed by atoms with E-state index in [0.717, 1.165) is 57.4 Å². The number of nitrogens with zero attached hydrogens (tertiary/aromatic N) is 3. The summed E-state index contributed by atoms with van der Waals surface area (Å²) in [5, 5.41) is 7.10. The van der Waals surface area contributed by atoms with Gasteiger partial charge in [0.25, 0.3) is 0 Å². The number of hydrogen-bond donors (Lipinski definition) is 2. The van der Waals surface area contributed by atoms with Crippen LogP contribution in [0.2, 0.25) is 0 Å². The van der Waals surface area contributed by atoms with Crippen LogP contribution in [0.5, 0.6) is 5.75 Å². The molecule has 2 aromatic carbocycles. The van der Waals surface area contributed by atoms with Crippen molar-refractivity contribution < 1.29 is 4.74 Å². The highest BCUT2D eigenvalue weighted by Crippen LogP contribution is 2.30. The van der Waals surface area contributed by atoms with Gasteiger partial charge in [-0.05, 0) is 49.9 Å². The molecule has 2 aliphatic rings. The fourth-order valence-electron chi connectivity index (χ4n) is 4.58. The van der Waals surface area contributed by atoms with Crippen molar-refractivity contribution in [2.45, 2.75) is 25.8 Å². The van der Waals surface area contributed by atoms with E-state index in [4.69, 9.17) is 9.73 Å². The normalized spacial score (nSPS) is 21.4. The highest BCUT2D eigenvalue weighted by Gasteiger charge is 2.26. The van der Waals surface area contributed by atoms with Crippen molar-refractivity contribution in [3.05, 3.63) is 54.6 Å². The lowest BCUT2D eigenvalue weighted by Gasteiger charge is -2.22. The highest BCUT2D eigenvalue weighted by atomic mass is 16.5. The molecule has 2 N–H and O–H groups in total. The van der Waals surface area contributed by atoms with E-state index in [-0.39, 0.29) is 0 Å². The van der Waals surface area contributed by atoms with Crippen LogP contribution in [0.1, 0.15) is 19.8 Å². The Balaban J connectivity index is 1.31. The second-order valence-electron chi connectivity index (χ2n) is 8.40. The number of rotatable bonds is 7. The summed E-state index contributed by atoms with van der Waals surface area (Å²) in [6.45, 7) is 8.03. The minimum atomic E-state index is 0.382. The first-order valence-corrected chi connectivity index (χ1v) is 11.5. The predicted octanol–water partition coefficient (Wildman–Crippen LogP) is 3.36. The van der Waals surface area contributed by atoms with Crippen LogP contribution in [0, 0.1) is 5.92 Å². The molecule has 6 heteroatoms. The summed E-state index contributed by atoms with van der Waals surface area (Å²) in [6.07, 6.45) is 2.29. The van der Waals surface area contributed by atoms with Gasteiger partial charge in [-0.1, -0.05) is 30.3 Å². The Morgan fingerprint density at radius 2 is 1.77 bits per heavy atom. The maximum Gasteiger partial charge on any atom is 0.191 e. The van der Waals surface area contributed by atoms with Crippen molar-refractivity contribution in [2.24, 2.45) is 10.9 Å². The Hall–Kier alpha value is -2.89. The van der Waals surface area contributed by atoms with Gasteiger partial charge in [-0.3, -0.25) is 4.99 Å². The summed E-state index contributed by atoms with van der Waals surface area (Å²) in [6, 6.07) is 19.3. The molecular weight excluding hydrogens is 386 g/mol. The molecule has 0 radical (unpaired) electrons. The quantitative estimate of drug-likeness (QED) is 0.530. The van der Waals surface area contributed by atoms with Gasteiger partial charge in [0.15, 0.2) is 5.96 Å². The van der Waals surface area contributed by atoms with E-state index in [2.05, 4.69) is 69.8 Å². The zero-order valence-corrected chi connectivity index (χ0v) is 18.8. The van der Waals surface area contributed by atoms with E-state index >= 15 is 0 Å². The number of benzene rings is 2. The Kier molecular flexibility index (Phi) is 7.18. The minimum Gasteiger partial charge on any atom is -0.495 e. The molecule has 166 valence electrons. The van der Waals surface area contributed by atoms with Gasteiger partial charge >= 0.3 is 0 Å². The van der Waals surface area contributed by atoms with E-state index in [1.165, 1.54) is 17.8 Å². The number of methoxy groups -OCH3 is 1. The summed E-state index contributed by atoms with van der Waals surface area (Å²) in [5.74, 6) is 2.48. The Bertz CT molecular complexity index is 856. The molecule has 0 aromatic heterocycles. The topological polar surface area (TPSA) is 52.1 Å². The molecule has 0 bridgehead atoms. The molecule has 0 aliphatic carbocycles. The summed E-state index contributed by atoms with van der Waals surface area (Å²) >= 11 is 0. The van der Waals surface area contributed by atoms with Gasteiger partial charge in [0.2, 0.25) is 0 Å². The van der Waals surface area contributed by atoms with Gasteiger partial charge in [0.05, 0.1) is 12.8 Å². The molecule has 2 heterocycles. The van der Waals surface area contributed by atoms with Crippen molar-refractivity contribution in [2.75, 3.05) is 56.2 Å². The fourth-order valence-corrected chi connectivity index (χ4v) is 4.58. The Morgan fingerprint density at radius 3 is 2.58 bits per heavy atom. The molecular formula is C25H35N5O. The summed E-state index contributed by atoms with van der Waals surface area (Å²) in [5.41, 5.74) is 2.49. The molecule has 2 aliphatic heterocycles. The number of hydrogen-bond acceptors (Lipinski definition) is 4. The molecule has 4 rings (SSSR count). The van der Waals surface area contributed by atoms with Crippen LogP contribution < -0.4 is 25.2 Å². The SMILES string of the molecule is CCNC(=NCC1CCN(c2ccccc2)C1)NC1CCN(c2ccccc2OC)C1. The second kappa shape index (κ2) is 10.4. The van der Waals surface area contributed by atoms with Gasteiger partial charge in [-0.15, -0.1) is 0 Å². The van der Waals surface area contributed by atoms with Crippen LogP contribution in [0.4, 0.5) is 11.4 Å². The van der Waals surface area contributed by atoms with Crippen molar-refractivity contribution in [3.63, 3.8) is 0 Å². The van der Waals surface area contributed by atoms with Crippen LogP contribution in [0.15, 0.2) is 59.6 Å². The molecule has 2 atom stereocenters. The third-order valence-corrected chi connectivity index (χ3v) is 6.21. The first-order valence-electron chi connectivity index (χ1n) is 11.5. The van der Waals surface area contributed by atoms with E-state index in [1.807, 2.05) is 12.1 Å². The smallest absolute Gasteiger partial charge is 0.191 e. The molecule has 0 saturated carbocycles. The monoisotopic (exact) mass is 421 g/mol. The van der Waals surface area contributed by atoms with Crippen molar-refractivity contribution in [3.8, 4) is 5.75 Å². The molecule has 2 fully saturated rings. The van der Waals surface area contributed by atoms with Crippen LogP contribution in [-0.4, -0.2) is 58.4 Å². The fraction of sp³-hybridized carbons (Fsp3) is 0.480. The molecule has 0 spiro atoms. The molecule has 2 saturated heterocycles. The lowest BCUT2D eigenvalue weighted by Crippen LogP contribution is -2.45. The number of anilines is 2. The molecule has 31 heavy (non-hydrogen) atoms. The predicted molar refractivity (Wildman–Crippen MR) is 129 cm³/mol. The number of guanidine groups is 1. The molecule has 2 unspecified atom stereocenters. The van der Waals surface area contributed by atoms with Gasteiger partial charge in [0.1, 0.15) is 5.75 Å². The number of nitrogens with one attached hydrogen (secondary N) is 2. The number of aliphatic imine (C=N–C) groups is 1. The van der Waals surface area contributed by atoms with Gasteiger partial charge in [-0.25, -0.2) is 0 Å². The van der Waals surface area contributed by atoms with Gasteiger partial charge in [0, 0.05) is 51.0 Å². The van der Waals surface area contributed by atoms with Crippen LogP contribution in [0.3, 0.4) is 0 Å². The third kappa shape index (κ3) is 5.43. The van der Waals surface area contributed by atoms with Crippen LogP contribution in [0.25, 0.3) is 0 Å². The van der Waals surface area contributed by atoms with Crippen molar-refractivity contribution in [1.82, 2.24) is 10.6 Å². The first-order chi connectivity index (χ1) is 15.3. The molecule has 2 aromatic rings. The van der Waals surface area contributed by atoms with E-state index in [9.17, 15) is 0 Å². The van der Waals surface area contributed by atoms with E-state index in [0.29, 0.717) is 12.0 Å². The number of para-hydroxylation sites is 3. The lowest BCUT2D eigenvalue weighted by molar-refractivity contribution is 0.415. The second-order valence-corrected chi connectivity index (χ2v) is 8.40. The maximum absolute atomic E-state index is 5.55. The van der Waals surface area contributed by atoms with Crippen LogP contribution in [-0.2, 0) is 0 Å². The summed E-state index contributed by atoms with van der Waals surface area (Å²) in [4.78, 5) is 9.82. The van der Waals surface area contributed by atoms with Crippen LogP contribution >= 0.6 is 0 Å². The Labute approximate surface area is 186 Å². The van der Waals surface area contributed by atoms with Crippen molar-refractivity contribution in [1.29, 1.82) is 0 Å². The summed E-state index contributed by atoms with van der Waals surface area (Å²) < 4.78 is 5.55. The largest absolute Gasteiger partial charge is 0.495 e. The summed E-state index contributed by atoms with van der Waals surface area (Å²) in [7, 11) is 1.74. The maximum atomic E-state index is 5.55. The van der Waals surface area contributed by atoms with Gasteiger partial charge < -0.3 is 25.2 Å². The zero-order chi connectivity index (χ0) is 21.5. The Morgan fingerprint density at radius 1 is 1.00 bits per heavy atom. The third-order valence-electron chi connectivity index (χ3n) is 6.21. The molecule has 6 nitrogen and oxygen atoms in total. The minimum absolute atomic E-state index is 0.382. The van der Waals surface area contributed by atoms with E-state index in [1.54, 1.807) is 7.11 Å². The van der Waals surface area contributed by atoms with E-state index < -0.39 is 0 Å². The standard InChI is InChI=1S/C25H35N5O/c1-3-26-25(27-17-20-13-15-29(18-20)22-9-5-4-6-10-22)28-21-14-16-30(19-21)23-11-7-8-12-24(23)31-2/h4-12,20-21H,3,13-19H2,1-2H3,(H2,26,27,28). The highest BCUT2D eigenvalue weighted by molar-refractivity contribution is 5.80. The lowest BCUT2D eigenvalue weighted by atomic mass is 10.1. The first kappa shape index (κ1) is 21.3. The zero-order valence-electron chi connectivity index (χ0n) is 18.8. The van der Waals surface area contributed by atoms with Gasteiger partial charge in [-0.2, -0.15) is 0 Å². The molecule has 0 amide bonds. The average Bonchev–Trinajstić information content (AvgIpc) is 3.48.